The Hall–Kier alpha value is -8.90. The molecule has 0 aliphatic rings. The number of ether oxygens (including phenoxy) is 1. The maximum Gasteiger partial charge on any atom is 2.00 e. The number of para-hydroxylation sites is 4. The van der Waals surface area contributed by atoms with Crippen molar-refractivity contribution in [3.63, 3.8) is 0 Å². The summed E-state index contributed by atoms with van der Waals surface area (Å²) in [5, 5.41) is 4.95. The third kappa shape index (κ3) is 9.40. The molecule has 4 heterocycles. The number of rotatable bonds is 12. The molecule has 0 saturated carbocycles. The SMILES string of the molecule is Cc1ccc2cc3ccc4c5cc(Oc6[c-]c(-c7nc8ccccc8n7-c7c(C(C)C)cc(-c8ccccc8)cc7C(C)C)ccc6)[c-]c(-c6nc7ccccc7n6-c6c(C(C)C)cc(-c7ccccc7)cc6C(C)C)c5oc4c3cc2n1.[Pt+2]. The summed E-state index contributed by atoms with van der Waals surface area (Å²) in [6.07, 6.45) is 0. The molecule has 0 saturated heterocycles. The molecule has 14 rings (SSSR count). The number of fused-ring (bicyclic) bond motifs is 8. The second-order valence-electron chi connectivity index (χ2n) is 23.4. The van der Waals surface area contributed by atoms with Crippen LogP contribution in [-0.4, -0.2) is 24.1 Å². The number of aromatic nitrogens is 5. The minimum absolute atomic E-state index is 0. The van der Waals surface area contributed by atoms with Crippen LogP contribution in [0, 0.1) is 19.1 Å². The van der Waals surface area contributed by atoms with Gasteiger partial charge in [0.05, 0.1) is 44.8 Å². The van der Waals surface area contributed by atoms with Crippen LogP contribution in [0.3, 0.4) is 0 Å². The molecule has 0 spiro atoms. The van der Waals surface area contributed by atoms with Gasteiger partial charge in [-0.3, -0.25) is 15.0 Å². The van der Waals surface area contributed by atoms with Crippen LogP contribution < -0.4 is 4.74 Å². The molecule has 0 radical (unpaired) electrons. The molecule has 0 atom stereocenters. The van der Waals surface area contributed by atoms with E-state index >= 15 is 0 Å². The number of hydrogen-bond acceptors (Lipinski definition) is 5. The summed E-state index contributed by atoms with van der Waals surface area (Å²) in [5.74, 6) is 3.28. The van der Waals surface area contributed by atoms with Gasteiger partial charge < -0.3 is 18.3 Å². The van der Waals surface area contributed by atoms with E-state index in [9.17, 15) is 0 Å². The summed E-state index contributed by atoms with van der Waals surface area (Å²) >= 11 is 0. The van der Waals surface area contributed by atoms with Gasteiger partial charge in [-0.2, -0.15) is 0 Å². The quantitative estimate of drug-likeness (QED) is 0.0900. The zero-order valence-electron chi connectivity index (χ0n) is 48.7. The molecule has 0 aliphatic carbocycles. The van der Waals surface area contributed by atoms with E-state index in [1.807, 2.05) is 19.1 Å². The Morgan fingerprint density at radius 1 is 0.405 bits per heavy atom. The molecule has 84 heavy (non-hydrogen) atoms. The summed E-state index contributed by atoms with van der Waals surface area (Å²) in [6.45, 7) is 20.3. The van der Waals surface area contributed by atoms with Crippen LogP contribution in [0.25, 0.3) is 122 Å². The molecule has 0 unspecified atom stereocenters. The normalized spacial score (nSPS) is 12.0. The van der Waals surface area contributed by atoms with E-state index in [0.717, 1.165) is 88.6 Å². The standard InChI is InChI=1S/C76H63N5O2.Pt/c1-44(2)59-37-54(49-21-12-10-13-22-49)38-60(45(3)4)71(59)80-69-29-18-16-27-66(69)78-75(80)53-25-20-26-56(36-53)82-57-41-64-58-34-33-51-35-52-32-31-48(9)77-68(52)43-63(51)73(58)83-74(64)65(42-57)76-79-67-28-17-19-30-70(67)81(76)72-61(46(5)6)39-55(40-62(72)47(7)8)50-23-14-11-15-24-50;/h10-35,37-41,43-47H,1-9H3;/q-2;+2. The predicted molar refractivity (Wildman–Crippen MR) is 343 cm³/mol. The van der Waals surface area contributed by atoms with E-state index in [-0.39, 0.29) is 44.7 Å². The van der Waals surface area contributed by atoms with Crippen molar-refractivity contribution in [3.8, 4) is 67.9 Å². The fourth-order valence-electron chi connectivity index (χ4n) is 12.3. The third-order valence-corrected chi connectivity index (χ3v) is 16.5. The second kappa shape index (κ2) is 21.7. The average molecular weight is 1270 g/mol. The van der Waals surface area contributed by atoms with Crippen molar-refractivity contribution in [1.29, 1.82) is 0 Å². The van der Waals surface area contributed by atoms with Gasteiger partial charge in [-0.15, -0.1) is 23.8 Å². The number of nitrogens with zero attached hydrogens (tertiary/aromatic N) is 5. The van der Waals surface area contributed by atoms with Gasteiger partial charge in [0.2, 0.25) is 0 Å². The Balaban J connectivity index is 0.00000658. The number of imidazole rings is 2. The maximum atomic E-state index is 7.31. The summed E-state index contributed by atoms with van der Waals surface area (Å²) in [6, 6.07) is 76.4. The van der Waals surface area contributed by atoms with Crippen LogP contribution in [0.1, 0.15) is 107 Å². The molecule has 0 amide bonds. The van der Waals surface area contributed by atoms with Crippen molar-refractivity contribution < 1.29 is 30.2 Å². The number of benzene rings is 10. The summed E-state index contributed by atoms with van der Waals surface area (Å²) in [4.78, 5) is 16.0. The minimum atomic E-state index is 0. The topological polar surface area (TPSA) is 70.9 Å². The van der Waals surface area contributed by atoms with Crippen LogP contribution in [0.2, 0.25) is 0 Å². The largest absolute Gasteiger partial charge is 2.00 e. The van der Waals surface area contributed by atoms with Crippen LogP contribution >= 0.6 is 0 Å². The predicted octanol–water partition coefficient (Wildman–Crippen LogP) is 20.8. The van der Waals surface area contributed by atoms with Crippen molar-refractivity contribution in [2.45, 2.75) is 86.0 Å². The molecule has 10 aromatic carbocycles. The van der Waals surface area contributed by atoms with E-state index < -0.39 is 0 Å². The van der Waals surface area contributed by atoms with Crippen LogP contribution in [-0.2, 0) is 21.1 Å². The Morgan fingerprint density at radius 3 is 1.50 bits per heavy atom. The summed E-state index contributed by atoms with van der Waals surface area (Å²) < 4.78 is 19.2. The van der Waals surface area contributed by atoms with E-state index in [0.29, 0.717) is 28.5 Å². The Labute approximate surface area is 504 Å². The molecule has 4 aromatic heterocycles. The zero-order valence-corrected chi connectivity index (χ0v) is 50.9. The van der Waals surface area contributed by atoms with E-state index in [4.69, 9.17) is 24.1 Å². The minimum Gasteiger partial charge on any atom is -0.500 e. The Kier molecular flexibility index (Phi) is 14.0. The first kappa shape index (κ1) is 54.4. The zero-order chi connectivity index (χ0) is 56.8. The van der Waals surface area contributed by atoms with Gasteiger partial charge in [0, 0.05) is 44.7 Å². The first-order chi connectivity index (χ1) is 40.3. The monoisotopic (exact) mass is 1270 g/mol. The molecule has 7 nitrogen and oxygen atoms in total. The molecule has 414 valence electrons. The van der Waals surface area contributed by atoms with Crippen molar-refractivity contribution in [2.75, 3.05) is 0 Å². The molecule has 0 aliphatic heterocycles. The van der Waals surface area contributed by atoms with E-state index in [2.05, 4.69) is 259 Å². The van der Waals surface area contributed by atoms with Gasteiger partial charge in [0.1, 0.15) is 5.58 Å². The van der Waals surface area contributed by atoms with Gasteiger partial charge >= 0.3 is 21.1 Å². The first-order valence-corrected chi connectivity index (χ1v) is 29.1. The van der Waals surface area contributed by atoms with Crippen LogP contribution in [0.5, 0.6) is 11.5 Å². The molecule has 0 N–H and O–H groups in total. The summed E-state index contributed by atoms with van der Waals surface area (Å²) in [7, 11) is 0. The summed E-state index contributed by atoms with van der Waals surface area (Å²) in [5.41, 5.74) is 20.6. The Bertz CT molecular complexity index is 4800. The van der Waals surface area contributed by atoms with E-state index in [1.165, 1.54) is 44.5 Å². The second-order valence-corrected chi connectivity index (χ2v) is 23.4. The number of aryl methyl sites for hydroxylation is 1. The molecular formula is C76H63N5O2Pt. The van der Waals surface area contributed by atoms with Crippen molar-refractivity contribution in [2.24, 2.45) is 0 Å². The Morgan fingerprint density at radius 2 is 0.929 bits per heavy atom. The van der Waals surface area contributed by atoms with Gasteiger partial charge in [-0.1, -0.05) is 188 Å². The maximum absolute atomic E-state index is 7.31. The average Bonchev–Trinajstić information content (AvgIpc) is 1.96. The smallest absolute Gasteiger partial charge is 0.500 e. The van der Waals surface area contributed by atoms with Gasteiger partial charge in [-0.25, -0.2) is 0 Å². The van der Waals surface area contributed by atoms with Gasteiger partial charge in [0.25, 0.3) is 0 Å². The van der Waals surface area contributed by atoms with Crippen molar-refractivity contribution in [3.05, 3.63) is 234 Å². The molecule has 14 aromatic rings. The van der Waals surface area contributed by atoms with Crippen LogP contribution in [0.15, 0.2) is 199 Å². The molecule has 0 fully saturated rings. The molecule has 8 heteroatoms. The number of pyridine rings is 1. The van der Waals surface area contributed by atoms with Crippen molar-refractivity contribution >= 4 is 65.7 Å². The number of hydrogen-bond donors (Lipinski definition) is 0. The van der Waals surface area contributed by atoms with Crippen LogP contribution in [0.4, 0.5) is 0 Å². The fraction of sp³-hybridized carbons (Fsp3) is 0.171. The molecular weight excluding hydrogens is 1210 g/mol. The van der Waals surface area contributed by atoms with E-state index in [1.54, 1.807) is 0 Å². The van der Waals surface area contributed by atoms with Gasteiger partial charge in [0.15, 0.2) is 0 Å². The molecule has 0 bridgehead atoms. The van der Waals surface area contributed by atoms with Gasteiger partial charge in [-0.05, 0) is 147 Å². The fourth-order valence-corrected chi connectivity index (χ4v) is 12.3. The third-order valence-electron chi connectivity index (χ3n) is 16.5. The van der Waals surface area contributed by atoms with Crippen molar-refractivity contribution in [1.82, 2.24) is 24.1 Å². The first-order valence-electron chi connectivity index (χ1n) is 29.1. The number of furan rings is 1.